The monoisotopic (exact) mass is 429 g/mol. The maximum absolute atomic E-state index is 12.1. The van der Waals surface area contributed by atoms with E-state index in [2.05, 4.69) is 6.92 Å². The number of rotatable bonds is 22. The molecule has 0 saturated carbocycles. The fourth-order valence-corrected chi connectivity index (χ4v) is 4.09. The third-order valence-corrected chi connectivity index (χ3v) is 6.17. The molecule has 0 saturated heterocycles. The van der Waals surface area contributed by atoms with Gasteiger partial charge in [0.15, 0.2) is 5.78 Å². The zero-order valence-electron chi connectivity index (χ0n) is 20.2. The van der Waals surface area contributed by atoms with Crippen LogP contribution < -0.4 is 0 Å². The summed E-state index contributed by atoms with van der Waals surface area (Å²) in [7, 11) is 0. The van der Waals surface area contributed by atoms with Crippen LogP contribution in [0, 0.1) is 0 Å². The molecule has 0 aromatic heterocycles. The van der Waals surface area contributed by atoms with Gasteiger partial charge in [0, 0.05) is 25.1 Å². The lowest BCUT2D eigenvalue weighted by Gasteiger charge is -2.16. The number of ketones is 1. The molecule has 0 spiro atoms. The molecule has 0 heterocycles. The summed E-state index contributed by atoms with van der Waals surface area (Å²) in [5, 5.41) is 0. The van der Waals surface area contributed by atoms with E-state index in [-0.39, 0.29) is 5.78 Å². The quantitative estimate of drug-likeness (QED) is 0.106. The zero-order valence-corrected chi connectivity index (χ0v) is 20.2. The molecule has 31 heavy (non-hydrogen) atoms. The first-order valence-electron chi connectivity index (χ1n) is 13.1. The number of Topliss-reactive ketones (excluding diaryl/α,β-unsaturated/α-hetero) is 1. The largest absolute Gasteiger partial charge is 0.345 e. The number of unbranched alkanes of at least 4 members (excludes halogenated alkanes) is 15. The first kappa shape index (κ1) is 27.4. The van der Waals surface area contributed by atoms with E-state index >= 15 is 0 Å². The smallest absolute Gasteiger partial charge is 0.209 e. The minimum absolute atomic E-state index is 0.111. The van der Waals surface area contributed by atoms with Crippen molar-refractivity contribution in [2.75, 3.05) is 13.1 Å². The number of carbonyl (C=O) groups is 2. The van der Waals surface area contributed by atoms with E-state index in [1.807, 2.05) is 30.3 Å². The maximum Gasteiger partial charge on any atom is 0.209 e. The van der Waals surface area contributed by atoms with Crippen LogP contribution in [0.1, 0.15) is 126 Å². The highest BCUT2D eigenvalue weighted by Gasteiger charge is 2.08. The van der Waals surface area contributed by atoms with Crippen molar-refractivity contribution in [3.8, 4) is 0 Å². The molecule has 0 radical (unpaired) electrons. The summed E-state index contributed by atoms with van der Waals surface area (Å²) in [4.78, 5) is 25.2. The van der Waals surface area contributed by atoms with Crippen LogP contribution in [-0.4, -0.2) is 30.2 Å². The Bertz CT molecular complexity index is 543. The number of nitrogens with zero attached hydrogens (tertiary/aromatic N) is 1. The van der Waals surface area contributed by atoms with E-state index < -0.39 is 0 Å². The van der Waals surface area contributed by atoms with Gasteiger partial charge in [-0.3, -0.25) is 9.59 Å². The molecular formula is C28H47NO2. The first-order chi connectivity index (χ1) is 15.3. The second-order valence-corrected chi connectivity index (χ2v) is 8.98. The SMILES string of the molecule is CCCCCCCCCCCCCCCCCCN(C=O)CCC(=O)c1ccccc1. The number of carbonyl (C=O) groups excluding carboxylic acids is 2. The summed E-state index contributed by atoms with van der Waals surface area (Å²) in [6, 6.07) is 9.33. The highest BCUT2D eigenvalue weighted by atomic mass is 16.1. The Hall–Kier alpha value is -1.64. The molecule has 0 aliphatic rings. The molecule has 1 rings (SSSR count). The Morgan fingerprint density at radius 1 is 0.677 bits per heavy atom. The Labute approximate surface area is 192 Å². The number of benzene rings is 1. The van der Waals surface area contributed by atoms with Gasteiger partial charge in [-0.2, -0.15) is 0 Å². The molecule has 0 unspecified atom stereocenters. The standard InChI is InChI=1S/C28H47NO2/c1-2-3-4-5-6-7-8-9-10-11-12-13-14-15-16-20-24-29(26-30)25-23-28(31)27-21-18-17-19-22-27/h17-19,21-22,26H,2-16,20,23-25H2,1H3. The van der Waals surface area contributed by atoms with Gasteiger partial charge in [0.2, 0.25) is 6.41 Å². The summed E-state index contributed by atoms with van der Waals surface area (Å²) in [5.74, 6) is 0.111. The van der Waals surface area contributed by atoms with Crippen molar-refractivity contribution in [1.29, 1.82) is 0 Å². The van der Waals surface area contributed by atoms with Gasteiger partial charge in [0.05, 0.1) is 0 Å². The summed E-state index contributed by atoms with van der Waals surface area (Å²) >= 11 is 0. The van der Waals surface area contributed by atoms with Crippen LogP contribution in [0.5, 0.6) is 0 Å². The summed E-state index contributed by atoms with van der Waals surface area (Å²) in [5.41, 5.74) is 0.732. The van der Waals surface area contributed by atoms with E-state index in [0.29, 0.717) is 13.0 Å². The van der Waals surface area contributed by atoms with E-state index in [1.54, 1.807) is 4.90 Å². The van der Waals surface area contributed by atoms with Crippen LogP contribution in [0.25, 0.3) is 0 Å². The molecule has 3 heteroatoms. The molecule has 176 valence electrons. The fraction of sp³-hybridized carbons (Fsp3) is 0.714. The second-order valence-electron chi connectivity index (χ2n) is 8.98. The normalized spacial score (nSPS) is 10.9. The Morgan fingerprint density at radius 2 is 1.13 bits per heavy atom. The Kier molecular flexibility index (Phi) is 17.9. The van der Waals surface area contributed by atoms with E-state index in [1.165, 1.54) is 96.3 Å². The Morgan fingerprint density at radius 3 is 1.58 bits per heavy atom. The fourth-order valence-electron chi connectivity index (χ4n) is 4.09. The molecule has 3 nitrogen and oxygen atoms in total. The highest BCUT2D eigenvalue weighted by Crippen LogP contribution is 2.14. The van der Waals surface area contributed by atoms with Gasteiger partial charge in [0.25, 0.3) is 0 Å². The van der Waals surface area contributed by atoms with Gasteiger partial charge in [-0.25, -0.2) is 0 Å². The van der Waals surface area contributed by atoms with Crippen molar-refractivity contribution in [2.24, 2.45) is 0 Å². The topological polar surface area (TPSA) is 37.4 Å². The van der Waals surface area contributed by atoms with Crippen LogP contribution in [0.15, 0.2) is 30.3 Å². The first-order valence-corrected chi connectivity index (χ1v) is 13.1. The van der Waals surface area contributed by atoms with Crippen molar-refractivity contribution in [3.05, 3.63) is 35.9 Å². The van der Waals surface area contributed by atoms with Gasteiger partial charge >= 0.3 is 0 Å². The Balaban J connectivity index is 1.87. The molecule has 1 aromatic carbocycles. The van der Waals surface area contributed by atoms with Gasteiger partial charge < -0.3 is 4.90 Å². The third-order valence-electron chi connectivity index (χ3n) is 6.17. The summed E-state index contributed by atoms with van der Waals surface area (Å²) < 4.78 is 0. The van der Waals surface area contributed by atoms with Gasteiger partial charge in [-0.15, -0.1) is 0 Å². The molecule has 0 atom stereocenters. The van der Waals surface area contributed by atoms with Crippen LogP contribution >= 0.6 is 0 Å². The highest BCUT2D eigenvalue weighted by molar-refractivity contribution is 5.96. The van der Waals surface area contributed by atoms with Crippen LogP contribution in [0.2, 0.25) is 0 Å². The number of hydrogen-bond acceptors (Lipinski definition) is 2. The van der Waals surface area contributed by atoms with Crippen molar-refractivity contribution >= 4 is 12.2 Å². The van der Waals surface area contributed by atoms with Crippen molar-refractivity contribution < 1.29 is 9.59 Å². The van der Waals surface area contributed by atoms with Crippen LogP contribution in [0.4, 0.5) is 0 Å². The van der Waals surface area contributed by atoms with Gasteiger partial charge in [-0.05, 0) is 6.42 Å². The summed E-state index contributed by atoms with van der Waals surface area (Å²) in [6.45, 7) is 3.57. The molecular weight excluding hydrogens is 382 g/mol. The van der Waals surface area contributed by atoms with Gasteiger partial charge in [-0.1, -0.05) is 134 Å². The van der Waals surface area contributed by atoms with Crippen molar-refractivity contribution in [3.63, 3.8) is 0 Å². The minimum atomic E-state index is 0.111. The van der Waals surface area contributed by atoms with Crippen LogP contribution in [0.3, 0.4) is 0 Å². The minimum Gasteiger partial charge on any atom is -0.345 e. The predicted molar refractivity (Wildman–Crippen MR) is 133 cm³/mol. The molecule has 0 fully saturated rings. The average molecular weight is 430 g/mol. The lowest BCUT2D eigenvalue weighted by molar-refractivity contribution is -0.118. The van der Waals surface area contributed by atoms with Crippen molar-refractivity contribution in [2.45, 2.75) is 116 Å². The molecule has 1 amide bonds. The second kappa shape index (κ2) is 20.3. The molecule has 0 N–H and O–H groups in total. The number of amides is 1. The zero-order chi connectivity index (χ0) is 22.4. The molecule has 1 aromatic rings. The molecule has 0 bridgehead atoms. The lowest BCUT2D eigenvalue weighted by atomic mass is 10.0. The van der Waals surface area contributed by atoms with Crippen molar-refractivity contribution in [1.82, 2.24) is 4.90 Å². The lowest BCUT2D eigenvalue weighted by Crippen LogP contribution is -2.26. The summed E-state index contributed by atoms with van der Waals surface area (Å²) in [6.07, 6.45) is 22.9. The molecule has 0 aliphatic carbocycles. The maximum atomic E-state index is 12.1. The van der Waals surface area contributed by atoms with Crippen LogP contribution in [-0.2, 0) is 4.79 Å². The predicted octanol–water partition coefficient (Wildman–Crippen LogP) is 7.98. The number of hydrogen-bond donors (Lipinski definition) is 0. The average Bonchev–Trinajstić information content (AvgIpc) is 2.81. The third kappa shape index (κ3) is 15.8. The van der Waals surface area contributed by atoms with E-state index in [4.69, 9.17) is 0 Å². The van der Waals surface area contributed by atoms with E-state index in [0.717, 1.165) is 24.9 Å². The van der Waals surface area contributed by atoms with Gasteiger partial charge in [0.1, 0.15) is 0 Å². The molecule has 0 aliphatic heterocycles. The van der Waals surface area contributed by atoms with E-state index in [9.17, 15) is 9.59 Å².